The van der Waals surface area contributed by atoms with Gasteiger partial charge in [0.1, 0.15) is 11.3 Å². The van der Waals surface area contributed by atoms with Crippen molar-refractivity contribution in [2.45, 2.75) is 6.92 Å². The van der Waals surface area contributed by atoms with E-state index >= 15 is 0 Å². The van der Waals surface area contributed by atoms with E-state index in [-0.39, 0.29) is 24.1 Å². The number of non-ortho nitro benzene ring substituents is 1. The van der Waals surface area contributed by atoms with Crippen molar-refractivity contribution < 1.29 is 18.9 Å². The maximum absolute atomic E-state index is 12.4. The molecule has 4 rings (SSSR count). The molecule has 0 saturated carbocycles. The fraction of sp³-hybridized carbons (Fsp3) is 0.0909. The molecule has 1 amide bonds. The normalized spacial score (nSPS) is 10.7. The smallest absolute Gasteiger partial charge is 0.273 e. The third-order valence-electron chi connectivity index (χ3n) is 4.37. The number of para-hydroxylation sites is 1. The van der Waals surface area contributed by atoms with Crippen LogP contribution in [0.15, 0.2) is 71.1 Å². The van der Waals surface area contributed by atoms with E-state index in [4.69, 9.17) is 9.15 Å². The van der Waals surface area contributed by atoms with E-state index in [2.05, 4.69) is 10.3 Å². The highest BCUT2D eigenvalue weighted by atomic mass is 16.6. The Hall–Kier alpha value is -4.20. The first-order valence-corrected chi connectivity index (χ1v) is 9.13. The van der Waals surface area contributed by atoms with Gasteiger partial charge in [-0.2, -0.15) is 0 Å². The number of benzene rings is 3. The number of oxazole rings is 1. The number of nitrogens with one attached hydrogen (secondary N) is 1. The molecule has 0 bridgehead atoms. The summed E-state index contributed by atoms with van der Waals surface area (Å²) >= 11 is 0. The van der Waals surface area contributed by atoms with Gasteiger partial charge in [-0.1, -0.05) is 24.3 Å². The van der Waals surface area contributed by atoms with Gasteiger partial charge in [0.2, 0.25) is 5.89 Å². The maximum atomic E-state index is 12.4. The van der Waals surface area contributed by atoms with Crippen LogP contribution in [0.4, 0.5) is 11.4 Å². The molecule has 4 aromatic rings. The molecule has 0 atom stereocenters. The van der Waals surface area contributed by atoms with E-state index in [1.807, 2.05) is 25.1 Å². The summed E-state index contributed by atoms with van der Waals surface area (Å²) in [5.41, 5.74) is 2.79. The number of nitro benzene ring substituents is 1. The van der Waals surface area contributed by atoms with Crippen LogP contribution in [0.2, 0.25) is 0 Å². The van der Waals surface area contributed by atoms with Crippen LogP contribution in [0.5, 0.6) is 5.75 Å². The van der Waals surface area contributed by atoms with Gasteiger partial charge >= 0.3 is 0 Å². The van der Waals surface area contributed by atoms with Crippen LogP contribution in [-0.4, -0.2) is 22.4 Å². The average Bonchev–Trinajstić information content (AvgIpc) is 3.16. The zero-order chi connectivity index (χ0) is 21.1. The van der Waals surface area contributed by atoms with E-state index in [0.717, 1.165) is 5.56 Å². The predicted octanol–water partition coefficient (Wildman–Crippen LogP) is 4.73. The molecule has 30 heavy (non-hydrogen) atoms. The molecule has 0 aliphatic heterocycles. The van der Waals surface area contributed by atoms with E-state index in [1.165, 1.54) is 18.2 Å². The maximum Gasteiger partial charge on any atom is 0.273 e. The van der Waals surface area contributed by atoms with E-state index in [1.54, 1.807) is 30.3 Å². The number of hydrogen-bond donors (Lipinski definition) is 1. The summed E-state index contributed by atoms with van der Waals surface area (Å²) in [6, 6.07) is 18.7. The molecule has 8 heteroatoms. The number of amides is 1. The first-order valence-electron chi connectivity index (χ1n) is 9.13. The number of nitro groups is 1. The highest BCUT2D eigenvalue weighted by molar-refractivity contribution is 5.96. The largest absolute Gasteiger partial charge is 0.484 e. The van der Waals surface area contributed by atoms with Crippen molar-refractivity contribution in [3.05, 3.63) is 82.4 Å². The summed E-state index contributed by atoms with van der Waals surface area (Å²) in [7, 11) is 0. The summed E-state index contributed by atoms with van der Waals surface area (Å²) in [6.07, 6.45) is 0. The third-order valence-corrected chi connectivity index (χ3v) is 4.37. The molecule has 0 fully saturated rings. The Morgan fingerprint density at radius 1 is 1.13 bits per heavy atom. The first kappa shape index (κ1) is 19.1. The second kappa shape index (κ2) is 8.04. The molecule has 0 radical (unpaired) electrons. The molecule has 1 aromatic heterocycles. The molecule has 0 spiro atoms. The molecule has 0 aliphatic carbocycles. The number of carbonyl (C=O) groups excluding carboxylic acids is 1. The Balaban J connectivity index is 1.54. The van der Waals surface area contributed by atoms with Gasteiger partial charge in [0, 0.05) is 6.07 Å². The van der Waals surface area contributed by atoms with E-state index in [0.29, 0.717) is 28.1 Å². The molecule has 150 valence electrons. The topological polar surface area (TPSA) is 108 Å². The quantitative estimate of drug-likeness (QED) is 0.368. The van der Waals surface area contributed by atoms with Crippen LogP contribution in [0.25, 0.3) is 22.6 Å². The summed E-state index contributed by atoms with van der Waals surface area (Å²) in [5.74, 6) is 0.524. The van der Waals surface area contributed by atoms with Crippen molar-refractivity contribution in [2.24, 2.45) is 0 Å². The zero-order valence-electron chi connectivity index (χ0n) is 16.0. The van der Waals surface area contributed by atoms with Crippen molar-refractivity contribution >= 4 is 28.4 Å². The first-order chi connectivity index (χ1) is 14.5. The van der Waals surface area contributed by atoms with Gasteiger partial charge in [-0.25, -0.2) is 4.98 Å². The number of carbonyl (C=O) groups is 1. The third kappa shape index (κ3) is 4.12. The Morgan fingerprint density at radius 2 is 1.97 bits per heavy atom. The van der Waals surface area contributed by atoms with Crippen LogP contribution in [0, 0.1) is 17.0 Å². The number of anilines is 1. The molecular weight excluding hydrogens is 386 g/mol. The summed E-state index contributed by atoms with van der Waals surface area (Å²) < 4.78 is 11.2. The molecular formula is C22H17N3O5. The molecule has 0 unspecified atom stereocenters. The number of ether oxygens (including phenoxy) is 1. The number of aromatic nitrogens is 1. The van der Waals surface area contributed by atoms with Crippen molar-refractivity contribution in [2.75, 3.05) is 11.9 Å². The summed E-state index contributed by atoms with van der Waals surface area (Å²) in [6.45, 7) is 1.79. The second-order valence-corrected chi connectivity index (χ2v) is 6.63. The van der Waals surface area contributed by atoms with Gasteiger partial charge in [0.25, 0.3) is 11.6 Å². The fourth-order valence-corrected chi connectivity index (χ4v) is 2.96. The van der Waals surface area contributed by atoms with E-state index < -0.39 is 4.92 Å². The lowest BCUT2D eigenvalue weighted by Crippen LogP contribution is -2.20. The van der Waals surface area contributed by atoms with Gasteiger partial charge in [0.05, 0.1) is 22.2 Å². The van der Waals surface area contributed by atoms with Crippen molar-refractivity contribution in [3.63, 3.8) is 0 Å². The highest BCUT2D eigenvalue weighted by Gasteiger charge is 2.16. The lowest BCUT2D eigenvalue weighted by Gasteiger charge is -2.10. The van der Waals surface area contributed by atoms with Crippen molar-refractivity contribution in [3.8, 4) is 17.2 Å². The van der Waals surface area contributed by atoms with Crippen LogP contribution in [-0.2, 0) is 4.79 Å². The van der Waals surface area contributed by atoms with Crippen LogP contribution < -0.4 is 10.1 Å². The molecule has 8 nitrogen and oxygen atoms in total. The monoisotopic (exact) mass is 403 g/mol. The minimum atomic E-state index is -0.496. The average molecular weight is 403 g/mol. The summed E-state index contributed by atoms with van der Waals surface area (Å²) in [4.78, 5) is 27.2. The molecule has 1 N–H and O–H groups in total. The number of aryl methyl sites for hydroxylation is 1. The van der Waals surface area contributed by atoms with Gasteiger partial charge in [-0.15, -0.1) is 0 Å². The Kier molecular flexibility index (Phi) is 5.13. The van der Waals surface area contributed by atoms with Gasteiger partial charge in [-0.3, -0.25) is 14.9 Å². The van der Waals surface area contributed by atoms with Crippen molar-refractivity contribution in [1.82, 2.24) is 4.98 Å². The fourth-order valence-electron chi connectivity index (χ4n) is 2.96. The van der Waals surface area contributed by atoms with E-state index in [9.17, 15) is 14.9 Å². The second-order valence-electron chi connectivity index (χ2n) is 6.63. The molecule has 0 saturated heterocycles. The number of nitrogens with zero attached hydrogens (tertiary/aromatic N) is 2. The van der Waals surface area contributed by atoms with Crippen LogP contribution in [0.3, 0.4) is 0 Å². The highest BCUT2D eigenvalue weighted by Crippen LogP contribution is 2.31. The lowest BCUT2D eigenvalue weighted by molar-refractivity contribution is -0.384. The van der Waals surface area contributed by atoms with Crippen LogP contribution >= 0.6 is 0 Å². The minimum Gasteiger partial charge on any atom is -0.484 e. The lowest BCUT2D eigenvalue weighted by atomic mass is 10.1. The van der Waals surface area contributed by atoms with Gasteiger partial charge in [-0.05, 0) is 42.8 Å². The molecule has 0 aliphatic rings. The Morgan fingerprint density at radius 3 is 2.77 bits per heavy atom. The van der Waals surface area contributed by atoms with Gasteiger partial charge < -0.3 is 14.5 Å². The molecule has 3 aromatic carbocycles. The predicted molar refractivity (Wildman–Crippen MR) is 111 cm³/mol. The molecule has 1 heterocycles. The Bertz CT molecular complexity index is 1250. The van der Waals surface area contributed by atoms with Crippen LogP contribution in [0.1, 0.15) is 5.56 Å². The number of fused-ring (bicyclic) bond motifs is 1. The Labute approximate surface area is 171 Å². The summed E-state index contributed by atoms with van der Waals surface area (Å²) in [5, 5.41) is 13.8. The minimum absolute atomic E-state index is 0.0833. The number of hydrogen-bond acceptors (Lipinski definition) is 6. The SMILES string of the molecule is Cc1cccc(OCC(=O)Nc2ccccc2-c2nc3ccc([N+](=O)[O-])cc3o2)c1. The zero-order valence-corrected chi connectivity index (χ0v) is 16.0. The van der Waals surface area contributed by atoms with Crippen molar-refractivity contribution in [1.29, 1.82) is 0 Å². The standard InChI is InChI=1S/C22H17N3O5/c1-14-5-4-6-16(11-14)29-13-21(26)23-18-8-3-2-7-17(18)22-24-19-10-9-15(25(27)28)12-20(19)30-22/h2-12H,13H2,1H3,(H,23,26). The van der Waals surface area contributed by atoms with Gasteiger partial charge in [0.15, 0.2) is 12.2 Å². The number of rotatable bonds is 6.